The smallest absolute Gasteiger partial charge is 0.123 e. The number of aromatic hydroxyl groups is 1. The van der Waals surface area contributed by atoms with Gasteiger partial charge in [0.2, 0.25) is 0 Å². The van der Waals surface area contributed by atoms with Gasteiger partial charge in [-0.3, -0.25) is 0 Å². The molecule has 0 bridgehead atoms. The van der Waals surface area contributed by atoms with Gasteiger partial charge >= 0.3 is 0 Å². The Morgan fingerprint density at radius 3 is 2.57 bits per heavy atom. The number of para-hydroxylation sites is 1. The lowest BCUT2D eigenvalue weighted by Crippen LogP contribution is -1.98. The summed E-state index contributed by atoms with van der Waals surface area (Å²) in [6, 6.07) is 25.1. The van der Waals surface area contributed by atoms with E-state index in [-0.39, 0.29) is 0 Å². The van der Waals surface area contributed by atoms with E-state index in [2.05, 4.69) is 72.8 Å². The summed E-state index contributed by atoms with van der Waals surface area (Å²) in [6.45, 7) is 0. The topological polar surface area (TPSA) is 20.2 Å². The van der Waals surface area contributed by atoms with Crippen molar-refractivity contribution in [3.8, 4) is 5.75 Å². The highest BCUT2D eigenvalue weighted by Gasteiger charge is 2.19. The van der Waals surface area contributed by atoms with Crippen LogP contribution in [0.3, 0.4) is 0 Å². The minimum absolute atomic E-state index is 0.351. The van der Waals surface area contributed by atoms with Crippen LogP contribution in [0.15, 0.2) is 91.0 Å². The van der Waals surface area contributed by atoms with Gasteiger partial charge in [-0.25, -0.2) is 0 Å². The van der Waals surface area contributed by atoms with E-state index in [4.69, 9.17) is 0 Å². The zero-order chi connectivity index (χ0) is 18.9. The van der Waals surface area contributed by atoms with Crippen molar-refractivity contribution >= 4 is 17.2 Å². The molecule has 1 nitrogen and oxygen atoms in total. The average molecular weight is 362 g/mol. The van der Waals surface area contributed by atoms with Gasteiger partial charge in [0.1, 0.15) is 5.75 Å². The molecule has 136 valence electrons. The van der Waals surface area contributed by atoms with Gasteiger partial charge in [-0.1, -0.05) is 85.0 Å². The number of hydrogen-bond donors (Lipinski definition) is 1. The third-order valence-electron chi connectivity index (χ3n) is 5.75. The van der Waals surface area contributed by atoms with E-state index >= 15 is 0 Å². The fourth-order valence-corrected chi connectivity index (χ4v) is 4.27. The molecule has 0 amide bonds. The predicted molar refractivity (Wildman–Crippen MR) is 117 cm³/mol. The molecule has 5 rings (SSSR count). The second-order valence-corrected chi connectivity index (χ2v) is 7.55. The zero-order valence-electron chi connectivity index (χ0n) is 15.7. The molecule has 3 aromatic carbocycles. The lowest BCUT2D eigenvalue weighted by molar-refractivity contribution is 0.473. The summed E-state index contributed by atoms with van der Waals surface area (Å²) in [5.41, 5.74) is 8.70. The number of phenolic OH excluding ortho intramolecular Hbond substituents is 1. The highest BCUT2D eigenvalue weighted by molar-refractivity contribution is 5.91. The summed E-state index contributed by atoms with van der Waals surface area (Å²) in [6.07, 6.45) is 10.9. The van der Waals surface area contributed by atoms with Crippen LogP contribution in [0.2, 0.25) is 0 Å². The Morgan fingerprint density at radius 2 is 1.71 bits per heavy atom. The first-order valence-electron chi connectivity index (χ1n) is 9.83. The van der Waals surface area contributed by atoms with Gasteiger partial charge in [0, 0.05) is 11.5 Å². The summed E-state index contributed by atoms with van der Waals surface area (Å²) in [7, 11) is 0. The minimum Gasteiger partial charge on any atom is -0.507 e. The summed E-state index contributed by atoms with van der Waals surface area (Å²) >= 11 is 0. The molecule has 2 aliphatic carbocycles. The summed E-state index contributed by atoms with van der Waals surface area (Å²) in [5, 5.41) is 10.1. The number of fused-ring (bicyclic) bond motifs is 1. The Hall–Kier alpha value is -3.32. The fourth-order valence-electron chi connectivity index (χ4n) is 4.27. The Kier molecular flexibility index (Phi) is 4.21. The molecule has 28 heavy (non-hydrogen) atoms. The SMILES string of the molecule is Oc1ccccc1C1=CC(c2ccc3c(c2)C=CC3Cc2ccccc2)=CC1. The number of benzene rings is 3. The second-order valence-electron chi connectivity index (χ2n) is 7.55. The maximum Gasteiger partial charge on any atom is 0.123 e. The van der Waals surface area contributed by atoms with Crippen LogP contribution in [0.4, 0.5) is 0 Å². The lowest BCUT2D eigenvalue weighted by atomic mass is 9.92. The van der Waals surface area contributed by atoms with E-state index in [0.29, 0.717) is 11.7 Å². The maximum absolute atomic E-state index is 10.1. The fraction of sp³-hybridized carbons (Fsp3) is 0.111. The van der Waals surface area contributed by atoms with Crippen LogP contribution in [0.5, 0.6) is 5.75 Å². The molecule has 0 heterocycles. The summed E-state index contributed by atoms with van der Waals surface area (Å²) in [5.74, 6) is 0.806. The van der Waals surface area contributed by atoms with E-state index in [1.54, 1.807) is 6.07 Å². The molecule has 1 atom stereocenters. The number of rotatable bonds is 4. The molecule has 0 radical (unpaired) electrons. The molecule has 1 N–H and O–H groups in total. The van der Waals surface area contributed by atoms with E-state index in [1.807, 2.05) is 18.2 Å². The van der Waals surface area contributed by atoms with Gasteiger partial charge in [0.15, 0.2) is 0 Å². The number of hydrogen-bond acceptors (Lipinski definition) is 1. The Bertz CT molecular complexity index is 1120. The van der Waals surface area contributed by atoms with Crippen molar-refractivity contribution in [1.82, 2.24) is 0 Å². The van der Waals surface area contributed by atoms with Crippen LogP contribution in [-0.2, 0) is 6.42 Å². The first kappa shape index (κ1) is 16.8. The standard InChI is InChI=1S/C27H22O/c28-27-9-5-4-8-26(27)24-11-10-20(18-24)21-14-15-25-22(12-13-23(25)17-21)16-19-6-2-1-3-7-19/h1-10,12-15,17-18,22,28H,11,16H2. The molecule has 0 spiro atoms. The first-order chi connectivity index (χ1) is 13.8. The van der Waals surface area contributed by atoms with Crippen molar-refractivity contribution in [3.63, 3.8) is 0 Å². The van der Waals surface area contributed by atoms with E-state index < -0.39 is 0 Å². The molecular weight excluding hydrogens is 340 g/mol. The van der Waals surface area contributed by atoms with Crippen molar-refractivity contribution in [2.75, 3.05) is 0 Å². The van der Waals surface area contributed by atoms with Gasteiger partial charge in [-0.2, -0.15) is 0 Å². The van der Waals surface area contributed by atoms with Crippen molar-refractivity contribution < 1.29 is 5.11 Å². The number of phenols is 1. The van der Waals surface area contributed by atoms with E-state index in [0.717, 1.165) is 18.4 Å². The van der Waals surface area contributed by atoms with Crippen molar-refractivity contribution in [1.29, 1.82) is 0 Å². The van der Waals surface area contributed by atoms with Crippen LogP contribution < -0.4 is 0 Å². The third kappa shape index (κ3) is 3.10. The predicted octanol–water partition coefficient (Wildman–Crippen LogP) is 6.62. The molecule has 2 aliphatic rings. The third-order valence-corrected chi connectivity index (χ3v) is 5.75. The Labute approximate surface area is 166 Å². The van der Waals surface area contributed by atoms with Crippen LogP contribution in [0.25, 0.3) is 17.2 Å². The van der Waals surface area contributed by atoms with Gasteiger partial charge in [0.25, 0.3) is 0 Å². The van der Waals surface area contributed by atoms with Gasteiger partial charge in [-0.15, -0.1) is 0 Å². The quantitative estimate of drug-likeness (QED) is 0.553. The van der Waals surface area contributed by atoms with Crippen LogP contribution in [0, 0.1) is 0 Å². The molecule has 0 fully saturated rings. The van der Waals surface area contributed by atoms with Crippen molar-refractivity contribution in [2.24, 2.45) is 0 Å². The monoisotopic (exact) mass is 362 g/mol. The molecule has 0 aliphatic heterocycles. The molecule has 3 aromatic rings. The lowest BCUT2D eigenvalue weighted by Gasteiger charge is -2.12. The second kappa shape index (κ2) is 7.01. The highest BCUT2D eigenvalue weighted by atomic mass is 16.3. The molecule has 1 unspecified atom stereocenters. The molecular formula is C27H22O. The highest BCUT2D eigenvalue weighted by Crippen LogP contribution is 2.38. The summed E-state index contributed by atoms with van der Waals surface area (Å²) in [4.78, 5) is 0. The van der Waals surface area contributed by atoms with Gasteiger partial charge < -0.3 is 5.11 Å². The molecule has 1 heteroatoms. The zero-order valence-corrected chi connectivity index (χ0v) is 15.7. The van der Waals surface area contributed by atoms with Gasteiger partial charge in [0.05, 0.1) is 0 Å². The summed E-state index contributed by atoms with van der Waals surface area (Å²) < 4.78 is 0. The molecule has 0 aromatic heterocycles. The van der Waals surface area contributed by atoms with Gasteiger partial charge in [-0.05, 0) is 58.4 Å². The average Bonchev–Trinajstić information content (AvgIpc) is 3.37. The Balaban J connectivity index is 1.39. The van der Waals surface area contributed by atoms with Crippen molar-refractivity contribution in [3.05, 3.63) is 119 Å². The number of allylic oxidation sites excluding steroid dienone is 5. The normalized spacial score (nSPS) is 17.4. The minimum atomic E-state index is 0.351. The van der Waals surface area contributed by atoms with E-state index in [9.17, 15) is 5.11 Å². The molecule has 0 saturated heterocycles. The Morgan fingerprint density at radius 1 is 0.893 bits per heavy atom. The maximum atomic E-state index is 10.1. The van der Waals surface area contributed by atoms with Crippen LogP contribution >= 0.6 is 0 Å². The van der Waals surface area contributed by atoms with E-state index in [1.165, 1.54) is 33.4 Å². The first-order valence-corrected chi connectivity index (χ1v) is 9.83. The van der Waals surface area contributed by atoms with Crippen LogP contribution in [0.1, 0.15) is 40.2 Å². The largest absolute Gasteiger partial charge is 0.507 e. The molecule has 0 saturated carbocycles. The van der Waals surface area contributed by atoms with Crippen molar-refractivity contribution in [2.45, 2.75) is 18.8 Å². The van der Waals surface area contributed by atoms with Crippen LogP contribution in [-0.4, -0.2) is 5.11 Å².